The molecule has 1 heterocycles. The van der Waals surface area contributed by atoms with Gasteiger partial charge in [0, 0.05) is 0 Å². The molecule has 23 heavy (non-hydrogen) atoms. The zero-order valence-corrected chi connectivity index (χ0v) is 13.1. The van der Waals surface area contributed by atoms with Crippen LogP contribution in [0.3, 0.4) is 0 Å². The first-order valence-corrected chi connectivity index (χ1v) is 8.04. The molecule has 3 rings (SSSR count). The summed E-state index contributed by atoms with van der Waals surface area (Å²) in [4.78, 5) is 47.7. The fourth-order valence-electron chi connectivity index (χ4n) is 3.05. The summed E-state index contributed by atoms with van der Waals surface area (Å²) in [5, 5.41) is 3.41. The third-order valence-electron chi connectivity index (χ3n) is 4.78. The van der Waals surface area contributed by atoms with Crippen LogP contribution in [0.15, 0.2) is 0 Å². The quantitative estimate of drug-likeness (QED) is 0.578. The van der Waals surface area contributed by atoms with Crippen LogP contribution in [0.25, 0.3) is 0 Å². The predicted octanol–water partition coefficient (Wildman–Crippen LogP) is 0.471. The molecule has 2 N–H and O–H groups in total. The normalized spacial score (nSPS) is 30.3. The van der Waals surface area contributed by atoms with Crippen molar-refractivity contribution in [2.45, 2.75) is 51.0 Å². The van der Waals surface area contributed by atoms with Gasteiger partial charge in [-0.1, -0.05) is 6.92 Å². The lowest BCUT2D eigenvalue weighted by Crippen LogP contribution is -2.52. The number of carbonyl (C=O) groups is 4. The van der Waals surface area contributed by atoms with E-state index < -0.39 is 36.0 Å². The van der Waals surface area contributed by atoms with E-state index >= 15 is 0 Å². The Hall–Kier alpha value is -2.12. The number of amides is 4. The Morgan fingerprint density at radius 1 is 1.26 bits per heavy atom. The van der Waals surface area contributed by atoms with Crippen molar-refractivity contribution in [1.82, 2.24) is 15.8 Å². The standard InChI is InChI=1S/C15H21N3O5/c1-9-4-6-15(7-5-9)13(21)18(14(22)16-15)17-11(19)8-23-12(20)10-2-3-10/h9-10H,2-8H2,1H3,(H,16,22)(H,17,19). The van der Waals surface area contributed by atoms with Gasteiger partial charge in [0.05, 0.1) is 5.92 Å². The molecule has 0 unspecified atom stereocenters. The van der Waals surface area contributed by atoms with Gasteiger partial charge in [0.25, 0.3) is 11.8 Å². The third kappa shape index (κ3) is 3.16. The van der Waals surface area contributed by atoms with Crippen molar-refractivity contribution in [1.29, 1.82) is 0 Å². The first kappa shape index (κ1) is 15.8. The Labute approximate surface area is 133 Å². The molecule has 0 aromatic carbocycles. The maximum absolute atomic E-state index is 12.5. The highest BCUT2D eigenvalue weighted by Crippen LogP contribution is 2.35. The molecule has 126 valence electrons. The summed E-state index contributed by atoms with van der Waals surface area (Å²) in [5.74, 6) is -1.11. The van der Waals surface area contributed by atoms with E-state index in [1.807, 2.05) is 0 Å². The fraction of sp³-hybridized carbons (Fsp3) is 0.733. The van der Waals surface area contributed by atoms with Gasteiger partial charge in [-0.15, -0.1) is 0 Å². The lowest BCUT2D eigenvalue weighted by atomic mass is 9.77. The van der Waals surface area contributed by atoms with Crippen molar-refractivity contribution < 1.29 is 23.9 Å². The Morgan fingerprint density at radius 2 is 1.91 bits per heavy atom. The van der Waals surface area contributed by atoms with Gasteiger partial charge in [0.2, 0.25) is 0 Å². The molecule has 0 bridgehead atoms. The second-order valence-corrected chi connectivity index (χ2v) is 6.75. The molecule has 8 nitrogen and oxygen atoms in total. The van der Waals surface area contributed by atoms with Gasteiger partial charge in [-0.05, 0) is 44.4 Å². The molecule has 1 saturated heterocycles. The van der Waals surface area contributed by atoms with Gasteiger partial charge in [0.15, 0.2) is 6.61 Å². The van der Waals surface area contributed by atoms with E-state index in [-0.39, 0.29) is 5.92 Å². The number of hydrogen-bond acceptors (Lipinski definition) is 5. The molecule has 0 aromatic rings. The molecule has 1 aliphatic heterocycles. The second kappa shape index (κ2) is 5.82. The van der Waals surface area contributed by atoms with Crippen molar-refractivity contribution >= 4 is 23.8 Å². The predicted molar refractivity (Wildman–Crippen MR) is 77.6 cm³/mol. The molecular weight excluding hydrogens is 302 g/mol. The summed E-state index contributed by atoms with van der Waals surface area (Å²) >= 11 is 0. The molecule has 4 amide bonds. The van der Waals surface area contributed by atoms with Crippen LogP contribution in [0.1, 0.15) is 45.4 Å². The third-order valence-corrected chi connectivity index (χ3v) is 4.78. The van der Waals surface area contributed by atoms with E-state index in [2.05, 4.69) is 17.7 Å². The van der Waals surface area contributed by atoms with Crippen LogP contribution in [0.5, 0.6) is 0 Å². The van der Waals surface area contributed by atoms with Crippen molar-refractivity contribution in [2.24, 2.45) is 11.8 Å². The molecular formula is C15H21N3O5. The van der Waals surface area contributed by atoms with Crippen molar-refractivity contribution in [3.8, 4) is 0 Å². The Morgan fingerprint density at radius 3 is 2.52 bits per heavy atom. The first-order valence-electron chi connectivity index (χ1n) is 8.04. The average Bonchev–Trinajstić information content (AvgIpc) is 3.33. The molecule has 3 aliphatic rings. The van der Waals surface area contributed by atoms with Crippen LogP contribution in [-0.4, -0.2) is 41.0 Å². The maximum Gasteiger partial charge on any atom is 0.344 e. The van der Waals surface area contributed by atoms with Crippen LogP contribution in [0.2, 0.25) is 0 Å². The Balaban J connectivity index is 1.55. The first-order chi connectivity index (χ1) is 10.9. The van der Waals surface area contributed by atoms with Crippen molar-refractivity contribution in [2.75, 3.05) is 6.61 Å². The molecule has 0 radical (unpaired) electrons. The number of rotatable bonds is 4. The van der Waals surface area contributed by atoms with Gasteiger partial charge >= 0.3 is 12.0 Å². The highest BCUT2D eigenvalue weighted by Gasteiger charge is 2.52. The summed E-state index contributed by atoms with van der Waals surface area (Å²) in [5.41, 5.74) is 1.33. The van der Waals surface area contributed by atoms with E-state index in [1.54, 1.807) is 0 Å². The van der Waals surface area contributed by atoms with E-state index in [0.29, 0.717) is 23.8 Å². The second-order valence-electron chi connectivity index (χ2n) is 6.75. The molecule has 1 spiro atoms. The van der Waals surface area contributed by atoms with Gasteiger partial charge in [-0.25, -0.2) is 4.79 Å². The molecule has 0 aromatic heterocycles. The van der Waals surface area contributed by atoms with Crippen LogP contribution in [-0.2, 0) is 19.1 Å². The minimum atomic E-state index is -0.901. The number of hydrazine groups is 1. The van der Waals surface area contributed by atoms with Crippen LogP contribution in [0.4, 0.5) is 4.79 Å². The lowest BCUT2D eigenvalue weighted by molar-refractivity contribution is -0.151. The largest absolute Gasteiger partial charge is 0.455 e. The maximum atomic E-state index is 12.5. The zero-order valence-electron chi connectivity index (χ0n) is 13.1. The number of imide groups is 1. The Kier molecular flexibility index (Phi) is 3.99. The monoisotopic (exact) mass is 323 g/mol. The van der Waals surface area contributed by atoms with E-state index in [1.165, 1.54) is 0 Å². The molecule has 8 heteroatoms. The number of carbonyl (C=O) groups excluding carboxylic acids is 4. The molecule has 2 aliphatic carbocycles. The van der Waals surface area contributed by atoms with Gasteiger partial charge in [-0.3, -0.25) is 19.8 Å². The summed E-state index contributed by atoms with van der Waals surface area (Å²) < 4.78 is 4.84. The smallest absolute Gasteiger partial charge is 0.344 e. The number of ether oxygens (including phenoxy) is 1. The van der Waals surface area contributed by atoms with Crippen LogP contribution < -0.4 is 10.7 Å². The molecule has 0 atom stereocenters. The lowest BCUT2D eigenvalue weighted by Gasteiger charge is -2.33. The van der Waals surface area contributed by atoms with Crippen LogP contribution in [0, 0.1) is 11.8 Å². The summed E-state index contributed by atoms with van der Waals surface area (Å²) in [6, 6.07) is -0.633. The van der Waals surface area contributed by atoms with Crippen LogP contribution >= 0.6 is 0 Å². The van der Waals surface area contributed by atoms with Gasteiger partial charge in [0.1, 0.15) is 5.54 Å². The number of esters is 1. The number of urea groups is 1. The van der Waals surface area contributed by atoms with Gasteiger partial charge < -0.3 is 10.1 Å². The SMILES string of the molecule is CC1CCC2(CC1)NC(=O)N(NC(=O)COC(=O)C1CC1)C2=O. The van der Waals surface area contributed by atoms with E-state index in [0.717, 1.165) is 25.7 Å². The number of nitrogens with zero attached hydrogens (tertiary/aromatic N) is 1. The van der Waals surface area contributed by atoms with Crippen molar-refractivity contribution in [3.63, 3.8) is 0 Å². The minimum Gasteiger partial charge on any atom is -0.455 e. The topological polar surface area (TPSA) is 105 Å². The van der Waals surface area contributed by atoms with Crippen molar-refractivity contribution in [3.05, 3.63) is 0 Å². The highest BCUT2D eigenvalue weighted by molar-refractivity contribution is 6.08. The Bertz CT molecular complexity index is 549. The fourth-order valence-corrected chi connectivity index (χ4v) is 3.05. The molecule has 2 saturated carbocycles. The van der Waals surface area contributed by atoms with E-state index in [9.17, 15) is 19.2 Å². The average molecular weight is 323 g/mol. The molecule has 3 fully saturated rings. The number of nitrogens with one attached hydrogen (secondary N) is 2. The summed E-state index contributed by atoms with van der Waals surface area (Å²) in [6.45, 7) is 1.62. The zero-order chi connectivity index (χ0) is 16.6. The summed E-state index contributed by atoms with van der Waals surface area (Å²) in [7, 11) is 0. The number of hydrogen-bond donors (Lipinski definition) is 2. The van der Waals surface area contributed by atoms with E-state index in [4.69, 9.17) is 4.74 Å². The van der Waals surface area contributed by atoms with Gasteiger partial charge in [-0.2, -0.15) is 5.01 Å². The minimum absolute atomic E-state index is 0.105. The highest BCUT2D eigenvalue weighted by atomic mass is 16.5. The summed E-state index contributed by atoms with van der Waals surface area (Å²) in [6.07, 6.45) is 4.42.